The highest BCUT2D eigenvalue weighted by atomic mass is 16.5. The minimum Gasteiger partial charge on any atom is -0.376 e. The Labute approximate surface area is 123 Å². The molecule has 1 aromatic rings. The highest BCUT2D eigenvalue weighted by Gasteiger charge is 2.12. The van der Waals surface area contributed by atoms with Crippen LogP contribution >= 0.6 is 0 Å². The van der Waals surface area contributed by atoms with E-state index < -0.39 is 0 Å². The van der Waals surface area contributed by atoms with E-state index in [0.29, 0.717) is 19.3 Å². The summed E-state index contributed by atoms with van der Waals surface area (Å²) >= 11 is 0. The summed E-state index contributed by atoms with van der Waals surface area (Å²) in [6, 6.07) is 8.97. The summed E-state index contributed by atoms with van der Waals surface area (Å²) in [6.45, 7) is 12.6. The van der Waals surface area contributed by atoms with Crippen LogP contribution < -0.4 is 5.32 Å². The lowest BCUT2D eigenvalue weighted by atomic mass is 10.1. The van der Waals surface area contributed by atoms with Crippen LogP contribution in [0.5, 0.6) is 0 Å². The predicted octanol–water partition coefficient (Wildman–Crippen LogP) is 3.48. The number of ether oxygens (including phenoxy) is 2. The van der Waals surface area contributed by atoms with Crippen molar-refractivity contribution in [3.63, 3.8) is 0 Å². The molecule has 1 aromatic carbocycles. The molecule has 3 heteroatoms. The van der Waals surface area contributed by atoms with E-state index in [-0.39, 0.29) is 12.2 Å². The third-order valence-electron chi connectivity index (χ3n) is 2.98. The highest BCUT2D eigenvalue weighted by molar-refractivity contribution is 5.24. The standard InChI is InChI=1S/C17H29NO2/c1-13(2)18-12-17(20-10-9-19-14(3)4)16-8-6-7-15(5)11-16/h6-8,11,13-14,17-18H,9-10,12H2,1-5H3. The van der Waals surface area contributed by atoms with Gasteiger partial charge in [0.2, 0.25) is 0 Å². The average Bonchev–Trinajstić information content (AvgIpc) is 2.37. The number of hydrogen-bond acceptors (Lipinski definition) is 3. The Morgan fingerprint density at radius 3 is 2.35 bits per heavy atom. The SMILES string of the molecule is Cc1cccc(C(CNC(C)C)OCCOC(C)C)c1. The van der Waals surface area contributed by atoms with Gasteiger partial charge in [-0.1, -0.05) is 43.7 Å². The van der Waals surface area contributed by atoms with E-state index in [2.05, 4.69) is 50.4 Å². The second-order valence-corrected chi connectivity index (χ2v) is 5.76. The van der Waals surface area contributed by atoms with Crippen LogP contribution in [0, 0.1) is 6.92 Å². The second kappa shape index (κ2) is 9.11. The van der Waals surface area contributed by atoms with Gasteiger partial charge in [0.05, 0.1) is 25.4 Å². The highest BCUT2D eigenvalue weighted by Crippen LogP contribution is 2.18. The Morgan fingerprint density at radius 2 is 1.75 bits per heavy atom. The fraction of sp³-hybridized carbons (Fsp3) is 0.647. The molecule has 1 unspecified atom stereocenters. The minimum absolute atomic E-state index is 0.0769. The molecule has 0 radical (unpaired) electrons. The molecule has 0 saturated heterocycles. The van der Waals surface area contributed by atoms with Crippen molar-refractivity contribution in [3.8, 4) is 0 Å². The number of benzene rings is 1. The molecule has 0 aliphatic carbocycles. The molecule has 0 saturated carbocycles. The molecule has 0 amide bonds. The molecule has 0 fully saturated rings. The molecular weight excluding hydrogens is 250 g/mol. The van der Waals surface area contributed by atoms with E-state index >= 15 is 0 Å². The van der Waals surface area contributed by atoms with Gasteiger partial charge < -0.3 is 14.8 Å². The normalized spacial score (nSPS) is 13.2. The molecular formula is C17H29NO2. The number of hydrogen-bond donors (Lipinski definition) is 1. The van der Waals surface area contributed by atoms with Crippen LogP contribution in [0.25, 0.3) is 0 Å². The molecule has 0 aromatic heterocycles. The number of aryl methyl sites for hydroxylation is 1. The van der Waals surface area contributed by atoms with Gasteiger partial charge in [0.1, 0.15) is 0 Å². The van der Waals surface area contributed by atoms with Gasteiger partial charge in [0.15, 0.2) is 0 Å². The lowest BCUT2D eigenvalue weighted by Gasteiger charge is -2.21. The summed E-state index contributed by atoms with van der Waals surface area (Å²) < 4.78 is 11.5. The van der Waals surface area contributed by atoms with Gasteiger partial charge in [-0.3, -0.25) is 0 Å². The summed E-state index contributed by atoms with van der Waals surface area (Å²) in [5.41, 5.74) is 2.49. The van der Waals surface area contributed by atoms with E-state index in [1.807, 2.05) is 13.8 Å². The second-order valence-electron chi connectivity index (χ2n) is 5.76. The van der Waals surface area contributed by atoms with Crippen molar-refractivity contribution in [1.82, 2.24) is 5.32 Å². The molecule has 114 valence electrons. The maximum Gasteiger partial charge on any atom is 0.0950 e. The molecule has 1 rings (SSSR count). The van der Waals surface area contributed by atoms with Crippen LogP contribution in [0.1, 0.15) is 44.9 Å². The minimum atomic E-state index is 0.0769. The van der Waals surface area contributed by atoms with Crippen molar-refractivity contribution in [1.29, 1.82) is 0 Å². The van der Waals surface area contributed by atoms with Crippen molar-refractivity contribution < 1.29 is 9.47 Å². The maximum absolute atomic E-state index is 6.00. The van der Waals surface area contributed by atoms with E-state index in [9.17, 15) is 0 Å². The molecule has 1 N–H and O–H groups in total. The van der Waals surface area contributed by atoms with Crippen molar-refractivity contribution in [2.24, 2.45) is 0 Å². The van der Waals surface area contributed by atoms with Gasteiger partial charge in [0, 0.05) is 12.6 Å². The Morgan fingerprint density at radius 1 is 1.05 bits per heavy atom. The third-order valence-corrected chi connectivity index (χ3v) is 2.98. The average molecular weight is 279 g/mol. The fourth-order valence-corrected chi connectivity index (χ4v) is 1.96. The largest absolute Gasteiger partial charge is 0.376 e. The van der Waals surface area contributed by atoms with Gasteiger partial charge in [-0.2, -0.15) is 0 Å². The Bertz CT molecular complexity index is 377. The lowest BCUT2D eigenvalue weighted by molar-refractivity contribution is -0.0135. The van der Waals surface area contributed by atoms with Crippen molar-refractivity contribution in [2.75, 3.05) is 19.8 Å². The van der Waals surface area contributed by atoms with E-state index in [4.69, 9.17) is 9.47 Å². The molecule has 0 spiro atoms. The molecule has 0 aliphatic rings. The summed E-state index contributed by atoms with van der Waals surface area (Å²) in [5, 5.41) is 3.45. The lowest BCUT2D eigenvalue weighted by Crippen LogP contribution is -2.29. The van der Waals surface area contributed by atoms with Crippen LogP contribution in [0.15, 0.2) is 24.3 Å². The van der Waals surface area contributed by atoms with Crippen LogP contribution in [0.3, 0.4) is 0 Å². The number of rotatable bonds is 9. The Hall–Kier alpha value is -0.900. The zero-order valence-electron chi connectivity index (χ0n) is 13.5. The topological polar surface area (TPSA) is 30.5 Å². The maximum atomic E-state index is 6.00. The summed E-state index contributed by atoms with van der Waals surface area (Å²) in [5.74, 6) is 0. The Kier molecular flexibility index (Phi) is 7.82. The van der Waals surface area contributed by atoms with Crippen LogP contribution in [-0.2, 0) is 9.47 Å². The van der Waals surface area contributed by atoms with E-state index in [1.165, 1.54) is 11.1 Å². The van der Waals surface area contributed by atoms with Gasteiger partial charge in [0.25, 0.3) is 0 Å². The van der Waals surface area contributed by atoms with Gasteiger partial charge in [-0.25, -0.2) is 0 Å². The monoisotopic (exact) mass is 279 g/mol. The first-order valence-corrected chi connectivity index (χ1v) is 7.52. The fourth-order valence-electron chi connectivity index (χ4n) is 1.96. The zero-order valence-corrected chi connectivity index (χ0v) is 13.5. The van der Waals surface area contributed by atoms with E-state index in [1.54, 1.807) is 0 Å². The predicted molar refractivity (Wildman–Crippen MR) is 84.1 cm³/mol. The third kappa shape index (κ3) is 7.04. The zero-order chi connectivity index (χ0) is 15.0. The van der Waals surface area contributed by atoms with Gasteiger partial charge in [-0.05, 0) is 26.3 Å². The Balaban J connectivity index is 2.55. The van der Waals surface area contributed by atoms with Crippen molar-refractivity contribution in [2.45, 2.75) is 52.9 Å². The van der Waals surface area contributed by atoms with Crippen LogP contribution in [0.4, 0.5) is 0 Å². The summed E-state index contributed by atoms with van der Waals surface area (Å²) in [7, 11) is 0. The first-order valence-electron chi connectivity index (χ1n) is 7.52. The summed E-state index contributed by atoms with van der Waals surface area (Å²) in [6.07, 6.45) is 0.331. The molecule has 0 aliphatic heterocycles. The molecule has 3 nitrogen and oxygen atoms in total. The molecule has 0 bridgehead atoms. The van der Waals surface area contributed by atoms with Crippen molar-refractivity contribution >= 4 is 0 Å². The van der Waals surface area contributed by atoms with Crippen LogP contribution in [0.2, 0.25) is 0 Å². The quantitative estimate of drug-likeness (QED) is 0.702. The van der Waals surface area contributed by atoms with Crippen LogP contribution in [-0.4, -0.2) is 31.9 Å². The molecule has 20 heavy (non-hydrogen) atoms. The molecule has 0 heterocycles. The summed E-state index contributed by atoms with van der Waals surface area (Å²) in [4.78, 5) is 0. The molecule has 1 atom stereocenters. The first-order chi connectivity index (χ1) is 9.49. The van der Waals surface area contributed by atoms with Gasteiger partial charge >= 0.3 is 0 Å². The smallest absolute Gasteiger partial charge is 0.0950 e. The van der Waals surface area contributed by atoms with Crippen molar-refractivity contribution in [3.05, 3.63) is 35.4 Å². The van der Waals surface area contributed by atoms with E-state index in [0.717, 1.165) is 6.54 Å². The van der Waals surface area contributed by atoms with Gasteiger partial charge in [-0.15, -0.1) is 0 Å². The number of nitrogens with one attached hydrogen (secondary N) is 1. The first kappa shape index (κ1) is 17.2.